The van der Waals surface area contributed by atoms with Crippen LogP contribution in [0.2, 0.25) is 0 Å². The number of imidazole rings is 1. The van der Waals surface area contributed by atoms with Crippen molar-refractivity contribution in [3.8, 4) is 11.5 Å². The number of carbonyl (C=O) groups is 2. The fourth-order valence-corrected chi connectivity index (χ4v) is 6.73. The molecule has 6 rings (SSSR count). The van der Waals surface area contributed by atoms with Gasteiger partial charge in [-0.3, -0.25) is 18.9 Å². The average molecular weight is 595 g/mol. The Kier molecular flexibility index (Phi) is 7.23. The molecule has 4 heterocycles. The standard InChI is InChI=1S/C33H30N4O5S/c1-6-14-42-22-12-11-21(17-23(22)41-7-2)29-26(30(38)28-20(5)34-25-10-8-9-13-36(25)28)31(39)32(40)37(29)33-35-27-19(4)15-18(3)16-24(27)43-33/h6,8-13,15-17,29,38H,1,7,14H2,2-5H3/b30-26+. The number of amides is 1. The summed E-state index contributed by atoms with van der Waals surface area (Å²) in [6.45, 7) is 11.9. The lowest BCUT2D eigenvalue weighted by Gasteiger charge is -2.24. The molecule has 1 saturated heterocycles. The highest BCUT2D eigenvalue weighted by molar-refractivity contribution is 7.22. The number of pyridine rings is 1. The fraction of sp³-hybridized carbons (Fsp3) is 0.212. The van der Waals surface area contributed by atoms with Gasteiger partial charge in [-0.1, -0.05) is 42.2 Å². The maximum absolute atomic E-state index is 13.9. The number of ether oxygens (including phenoxy) is 2. The molecule has 9 nitrogen and oxygen atoms in total. The quantitative estimate of drug-likeness (QED) is 0.0951. The summed E-state index contributed by atoms with van der Waals surface area (Å²) in [5.41, 5.74) is 4.74. The molecule has 3 aromatic heterocycles. The molecule has 0 radical (unpaired) electrons. The third-order valence-corrected chi connectivity index (χ3v) is 8.34. The molecule has 1 fully saturated rings. The Hall–Kier alpha value is -4.96. The molecule has 1 atom stereocenters. The number of aliphatic hydroxyl groups is 1. The van der Waals surface area contributed by atoms with Crippen molar-refractivity contribution in [2.24, 2.45) is 0 Å². The largest absolute Gasteiger partial charge is 0.505 e. The summed E-state index contributed by atoms with van der Waals surface area (Å²) in [5.74, 6) is -0.984. The zero-order valence-electron chi connectivity index (χ0n) is 24.2. The van der Waals surface area contributed by atoms with Crippen LogP contribution in [0.25, 0.3) is 21.6 Å². The second-order valence-corrected chi connectivity index (χ2v) is 11.3. The Morgan fingerprint density at radius 3 is 2.65 bits per heavy atom. The van der Waals surface area contributed by atoms with Crippen LogP contribution in [0.15, 0.2) is 73.0 Å². The minimum atomic E-state index is -0.997. The SMILES string of the molecule is C=CCOc1ccc(C2/C(=C(\O)c3c(C)nc4ccccn34)C(=O)C(=O)N2c2nc3c(C)cc(C)cc3s2)cc1OCC. The number of carbonyl (C=O) groups excluding carboxylic acids is 2. The second-order valence-electron chi connectivity index (χ2n) is 10.3. The first-order valence-electron chi connectivity index (χ1n) is 13.9. The van der Waals surface area contributed by atoms with E-state index in [1.54, 1.807) is 41.8 Å². The van der Waals surface area contributed by atoms with Gasteiger partial charge in [-0.25, -0.2) is 9.97 Å². The predicted molar refractivity (Wildman–Crippen MR) is 167 cm³/mol. The van der Waals surface area contributed by atoms with Crippen molar-refractivity contribution in [3.63, 3.8) is 0 Å². The van der Waals surface area contributed by atoms with Gasteiger partial charge in [0.25, 0.3) is 5.78 Å². The molecule has 0 saturated carbocycles. The number of aromatic nitrogens is 3. The first kappa shape index (κ1) is 28.2. The molecule has 0 bridgehead atoms. The number of nitrogens with zero attached hydrogens (tertiary/aromatic N) is 4. The van der Waals surface area contributed by atoms with Crippen molar-refractivity contribution in [1.29, 1.82) is 0 Å². The molecule has 1 N–H and O–H groups in total. The zero-order valence-corrected chi connectivity index (χ0v) is 25.1. The van der Waals surface area contributed by atoms with Gasteiger partial charge < -0.3 is 14.6 Å². The minimum Gasteiger partial charge on any atom is -0.505 e. The monoisotopic (exact) mass is 594 g/mol. The number of anilines is 1. The molecule has 43 heavy (non-hydrogen) atoms. The van der Waals surface area contributed by atoms with E-state index in [-0.39, 0.29) is 17.9 Å². The Balaban J connectivity index is 1.61. The van der Waals surface area contributed by atoms with Crippen LogP contribution in [0, 0.1) is 20.8 Å². The molecule has 1 aliphatic heterocycles. The lowest BCUT2D eigenvalue weighted by atomic mass is 9.96. The number of Topliss-reactive ketones (excluding diaryl/α,β-unsaturated/α-hetero) is 1. The van der Waals surface area contributed by atoms with Crippen molar-refractivity contribution in [1.82, 2.24) is 14.4 Å². The van der Waals surface area contributed by atoms with Crippen molar-refractivity contribution in [3.05, 3.63) is 101 Å². The Morgan fingerprint density at radius 1 is 1.07 bits per heavy atom. The number of ketones is 1. The van der Waals surface area contributed by atoms with Gasteiger partial charge in [-0.2, -0.15) is 0 Å². The Morgan fingerprint density at radius 2 is 1.88 bits per heavy atom. The van der Waals surface area contributed by atoms with Crippen LogP contribution >= 0.6 is 11.3 Å². The van der Waals surface area contributed by atoms with E-state index in [0.717, 1.165) is 21.3 Å². The minimum absolute atomic E-state index is 0.0619. The van der Waals surface area contributed by atoms with Crippen molar-refractivity contribution >= 4 is 49.8 Å². The van der Waals surface area contributed by atoms with E-state index in [0.29, 0.717) is 45.8 Å². The summed E-state index contributed by atoms with van der Waals surface area (Å²) in [4.78, 5) is 38.5. The highest BCUT2D eigenvalue weighted by atomic mass is 32.1. The maximum atomic E-state index is 13.9. The van der Waals surface area contributed by atoms with Gasteiger partial charge >= 0.3 is 5.91 Å². The molecule has 218 valence electrons. The van der Waals surface area contributed by atoms with Gasteiger partial charge in [0.2, 0.25) is 0 Å². The van der Waals surface area contributed by atoms with E-state index in [1.165, 1.54) is 16.2 Å². The number of aliphatic hydroxyl groups excluding tert-OH is 1. The van der Waals surface area contributed by atoms with Crippen LogP contribution in [0.1, 0.15) is 41.0 Å². The molecule has 1 amide bonds. The maximum Gasteiger partial charge on any atom is 0.301 e. The topological polar surface area (TPSA) is 106 Å². The lowest BCUT2D eigenvalue weighted by Crippen LogP contribution is -2.29. The predicted octanol–water partition coefficient (Wildman–Crippen LogP) is 6.46. The van der Waals surface area contributed by atoms with Crippen molar-refractivity contribution < 1.29 is 24.2 Å². The van der Waals surface area contributed by atoms with Gasteiger partial charge in [0, 0.05) is 6.20 Å². The summed E-state index contributed by atoms with van der Waals surface area (Å²) in [5, 5.41) is 12.2. The number of fused-ring (bicyclic) bond motifs is 2. The first-order chi connectivity index (χ1) is 20.7. The number of hydrogen-bond acceptors (Lipinski definition) is 8. The van der Waals surface area contributed by atoms with E-state index in [2.05, 4.69) is 11.6 Å². The van der Waals surface area contributed by atoms with E-state index < -0.39 is 17.7 Å². The van der Waals surface area contributed by atoms with Gasteiger partial charge in [-0.15, -0.1) is 0 Å². The number of aryl methyl sites for hydroxylation is 3. The normalized spacial score (nSPS) is 16.4. The zero-order chi connectivity index (χ0) is 30.4. The van der Waals surface area contributed by atoms with Gasteiger partial charge in [-0.05, 0) is 74.7 Å². The number of hydrogen-bond donors (Lipinski definition) is 1. The van der Waals surface area contributed by atoms with Crippen LogP contribution in [0.5, 0.6) is 11.5 Å². The van der Waals surface area contributed by atoms with Crippen LogP contribution in [-0.2, 0) is 9.59 Å². The number of benzene rings is 2. The van der Waals surface area contributed by atoms with Crippen LogP contribution in [-0.4, -0.2) is 44.4 Å². The molecule has 0 aliphatic carbocycles. The van der Waals surface area contributed by atoms with E-state index in [9.17, 15) is 14.7 Å². The molecular weight excluding hydrogens is 564 g/mol. The summed E-state index contributed by atoms with van der Waals surface area (Å²) < 4.78 is 14.3. The second kappa shape index (κ2) is 11.0. The molecular formula is C33H30N4O5S. The molecule has 0 spiro atoms. The number of thiazole rings is 1. The smallest absolute Gasteiger partial charge is 0.301 e. The van der Waals surface area contributed by atoms with Crippen LogP contribution < -0.4 is 14.4 Å². The summed E-state index contributed by atoms with van der Waals surface area (Å²) in [6, 6.07) is 13.7. The third-order valence-electron chi connectivity index (χ3n) is 7.34. The number of rotatable bonds is 8. The molecule has 2 aromatic carbocycles. The highest BCUT2D eigenvalue weighted by Crippen LogP contribution is 2.46. The highest BCUT2D eigenvalue weighted by Gasteiger charge is 2.49. The van der Waals surface area contributed by atoms with E-state index >= 15 is 0 Å². The summed E-state index contributed by atoms with van der Waals surface area (Å²) >= 11 is 1.33. The molecule has 10 heteroatoms. The van der Waals surface area contributed by atoms with Gasteiger partial charge in [0.15, 0.2) is 22.4 Å². The summed E-state index contributed by atoms with van der Waals surface area (Å²) in [6.07, 6.45) is 3.39. The third kappa shape index (κ3) is 4.73. The molecule has 1 unspecified atom stereocenters. The van der Waals surface area contributed by atoms with Gasteiger partial charge in [0.1, 0.15) is 17.9 Å². The lowest BCUT2D eigenvalue weighted by molar-refractivity contribution is -0.132. The average Bonchev–Trinajstić information content (AvgIpc) is 3.63. The first-order valence-corrected chi connectivity index (χ1v) is 14.7. The van der Waals surface area contributed by atoms with Crippen LogP contribution in [0.3, 0.4) is 0 Å². The fourth-order valence-electron chi connectivity index (χ4n) is 5.56. The van der Waals surface area contributed by atoms with Gasteiger partial charge in [0.05, 0.1) is 34.1 Å². The van der Waals surface area contributed by atoms with Crippen molar-refractivity contribution in [2.75, 3.05) is 18.1 Å². The van der Waals surface area contributed by atoms with Crippen LogP contribution in [0.4, 0.5) is 5.13 Å². The summed E-state index contributed by atoms with van der Waals surface area (Å²) in [7, 11) is 0. The Labute approximate surface area is 252 Å². The van der Waals surface area contributed by atoms with E-state index in [1.807, 2.05) is 51.1 Å². The van der Waals surface area contributed by atoms with E-state index in [4.69, 9.17) is 14.5 Å². The Bertz CT molecular complexity index is 1970. The molecule has 1 aliphatic rings. The molecule has 5 aromatic rings. The van der Waals surface area contributed by atoms with Crippen molar-refractivity contribution in [2.45, 2.75) is 33.7 Å².